The molecule has 0 radical (unpaired) electrons. The summed E-state index contributed by atoms with van der Waals surface area (Å²) in [6.45, 7) is 5.07. The highest BCUT2D eigenvalue weighted by molar-refractivity contribution is 7.92. The molecular formula is C21H24N2O5S. The van der Waals surface area contributed by atoms with Crippen LogP contribution in [0.5, 0.6) is 0 Å². The molecule has 29 heavy (non-hydrogen) atoms. The summed E-state index contributed by atoms with van der Waals surface area (Å²) in [5.74, 6) is -0.967. The van der Waals surface area contributed by atoms with E-state index >= 15 is 0 Å². The number of rotatable bonds is 7. The van der Waals surface area contributed by atoms with Crippen LogP contribution in [0.15, 0.2) is 47.4 Å². The van der Waals surface area contributed by atoms with Crippen LogP contribution in [0.2, 0.25) is 0 Å². The number of esters is 1. The minimum absolute atomic E-state index is 0.188. The Hall–Kier alpha value is -2.87. The lowest BCUT2D eigenvalue weighted by molar-refractivity contribution is -0.129. The van der Waals surface area contributed by atoms with Gasteiger partial charge in [-0.25, -0.2) is 13.2 Å². The molecule has 0 bridgehead atoms. The van der Waals surface area contributed by atoms with Crippen LogP contribution in [0.25, 0.3) is 0 Å². The fourth-order valence-corrected chi connectivity index (χ4v) is 4.10. The van der Waals surface area contributed by atoms with Crippen molar-refractivity contribution in [3.05, 3.63) is 59.2 Å². The van der Waals surface area contributed by atoms with Crippen LogP contribution in [0.4, 0.5) is 5.69 Å². The third kappa shape index (κ3) is 5.35. The number of anilines is 1. The highest BCUT2D eigenvalue weighted by Crippen LogP contribution is 2.21. The first kappa shape index (κ1) is 20.9. The van der Waals surface area contributed by atoms with Gasteiger partial charge in [-0.15, -0.1) is 0 Å². The molecule has 7 nitrogen and oxygen atoms in total. The average Bonchev–Trinajstić information content (AvgIpc) is 3.47. The molecule has 0 spiro atoms. The van der Waals surface area contributed by atoms with Crippen LogP contribution in [0, 0.1) is 13.8 Å². The standard InChI is InChI=1S/C21H24N2O5S/c1-13-4-5-14(2)19(12-13)29(26,27)23-18-8-6-16(7-9-18)21(25)28-15(3)20(24)22-17-10-11-17/h4-9,12,15,17,23H,10-11H2,1-3H3,(H,22,24)/t15-/m0/s1. The number of aryl methyl sites for hydroxylation is 2. The minimum Gasteiger partial charge on any atom is -0.449 e. The first-order chi connectivity index (χ1) is 13.7. The van der Waals surface area contributed by atoms with E-state index in [4.69, 9.17) is 4.74 Å². The first-order valence-corrected chi connectivity index (χ1v) is 10.9. The lowest BCUT2D eigenvalue weighted by Crippen LogP contribution is -2.37. The monoisotopic (exact) mass is 416 g/mol. The number of carbonyl (C=O) groups is 2. The van der Waals surface area contributed by atoms with Crippen molar-refractivity contribution in [2.75, 3.05) is 4.72 Å². The van der Waals surface area contributed by atoms with Gasteiger partial charge in [-0.05, 0) is 75.1 Å². The molecule has 8 heteroatoms. The quantitative estimate of drug-likeness (QED) is 0.676. The summed E-state index contributed by atoms with van der Waals surface area (Å²) in [4.78, 5) is 24.3. The zero-order valence-corrected chi connectivity index (χ0v) is 17.4. The number of hydrogen-bond acceptors (Lipinski definition) is 5. The first-order valence-electron chi connectivity index (χ1n) is 9.37. The van der Waals surface area contributed by atoms with Gasteiger partial charge in [0.15, 0.2) is 6.10 Å². The second-order valence-electron chi connectivity index (χ2n) is 7.28. The number of benzene rings is 2. The Morgan fingerprint density at radius 3 is 2.34 bits per heavy atom. The van der Waals surface area contributed by atoms with Crippen LogP contribution in [0.3, 0.4) is 0 Å². The summed E-state index contributed by atoms with van der Waals surface area (Å²) in [7, 11) is -3.75. The number of amides is 1. The molecule has 1 aliphatic carbocycles. The lowest BCUT2D eigenvalue weighted by Gasteiger charge is -2.14. The fraction of sp³-hybridized carbons (Fsp3) is 0.333. The molecular weight excluding hydrogens is 392 g/mol. The van der Waals surface area contributed by atoms with Gasteiger partial charge in [0, 0.05) is 11.7 Å². The van der Waals surface area contributed by atoms with Crippen molar-refractivity contribution in [3.8, 4) is 0 Å². The molecule has 0 unspecified atom stereocenters. The van der Waals surface area contributed by atoms with Gasteiger partial charge in [-0.1, -0.05) is 12.1 Å². The Kier molecular flexibility index (Phi) is 5.93. The van der Waals surface area contributed by atoms with Gasteiger partial charge in [-0.2, -0.15) is 0 Å². The maximum absolute atomic E-state index is 12.7. The van der Waals surface area contributed by atoms with Crippen molar-refractivity contribution >= 4 is 27.6 Å². The molecule has 154 valence electrons. The highest BCUT2D eigenvalue weighted by Gasteiger charge is 2.27. The molecule has 1 saturated carbocycles. The van der Waals surface area contributed by atoms with Crippen molar-refractivity contribution < 1.29 is 22.7 Å². The Balaban J connectivity index is 1.65. The largest absolute Gasteiger partial charge is 0.449 e. The smallest absolute Gasteiger partial charge is 0.338 e. The average molecular weight is 416 g/mol. The topological polar surface area (TPSA) is 102 Å². The fourth-order valence-electron chi connectivity index (χ4n) is 2.71. The van der Waals surface area contributed by atoms with Crippen molar-refractivity contribution in [1.29, 1.82) is 0 Å². The van der Waals surface area contributed by atoms with Crippen LogP contribution in [-0.4, -0.2) is 32.4 Å². The van der Waals surface area contributed by atoms with Gasteiger partial charge < -0.3 is 10.1 Å². The summed E-state index contributed by atoms with van der Waals surface area (Å²) in [6.07, 6.45) is 1.00. The van der Waals surface area contributed by atoms with Crippen molar-refractivity contribution in [1.82, 2.24) is 5.32 Å². The van der Waals surface area contributed by atoms with Gasteiger partial charge in [0.1, 0.15) is 0 Å². The van der Waals surface area contributed by atoms with Gasteiger partial charge in [-0.3, -0.25) is 9.52 Å². The Bertz CT molecular complexity index is 1030. The van der Waals surface area contributed by atoms with Crippen LogP contribution in [0.1, 0.15) is 41.3 Å². The Labute approximate surface area is 170 Å². The molecule has 0 aliphatic heterocycles. The molecule has 0 aromatic heterocycles. The number of carbonyl (C=O) groups excluding carboxylic acids is 2. The molecule has 1 atom stereocenters. The molecule has 1 aliphatic rings. The predicted molar refractivity (Wildman–Crippen MR) is 109 cm³/mol. The van der Waals surface area contributed by atoms with E-state index in [-0.39, 0.29) is 22.4 Å². The van der Waals surface area contributed by atoms with E-state index in [2.05, 4.69) is 10.0 Å². The van der Waals surface area contributed by atoms with Crippen molar-refractivity contribution in [2.24, 2.45) is 0 Å². The normalized spacial score (nSPS) is 14.7. The second-order valence-corrected chi connectivity index (χ2v) is 8.93. The van der Waals surface area contributed by atoms with Crippen molar-refractivity contribution in [2.45, 2.75) is 50.7 Å². The van der Waals surface area contributed by atoms with E-state index in [9.17, 15) is 18.0 Å². The molecule has 2 aromatic rings. The number of ether oxygens (including phenoxy) is 1. The van der Waals surface area contributed by atoms with E-state index in [1.807, 2.05) is 13.0 Å². The summed E-state index contributed by atoms with van der Waals surface area (Å²) >= 11 is 0. The lowest BCUT2D eigenvalue weighted by atomic mass is 10.2. The van der Waals surface area contributed by atoms with Crippen molar-refractivity contribution in [3.63, 3.8) is 0 Å². The second kappa shape index (κ2) is 8.24. The molecule has 0 heterocycles. The minimum atomic E-state index is -3.75. The molecule has 2 aromatic carbocycles. The van der Waals surface area contributed by atoms with E-state index in [1.165, 1.54) is 31.2 Å². The molecule has 1 fully saturated rings. The Morgan fingerprint density at radius 1 is 1.07 bits per heavy atom. The van der Waals surface area contributed by atoms with Gasteiger partial charge >= 0.3 is 5.97 Å². The Morgan fingerprint density at radius 2 is 1.72 bits per heavy atom. The molecule has 3 rings (SSSR count). The van der Waals surface area contributed by atoms with Crippen LogP contribution in [-0.2, 0) is 19.6 Å². The summed E-state index contributed by atoms with van der Waals surface area (Å²) in [6, 6.07) is 11.3. The van der Waals surface area contributed by atoms with E-state index in [1.54, 1.807) is 19.1 Å². The number of hydrogen-bond donors (Lipinski definition) is 2. The SMILES string of the molecule is Cc1ccc(C)c(S(=O)(=O)Nc2ccc(C(=O)O[C@@H](C)C(=O)NC3CC3)cc2)c1. The molecule has 2 N–H and O–H groups in total. The summed E-state index contributed by atoms with van der Waals surface area (Å²) < 4.78 is 33.0. The van der Waals surface area contributed by atoms with E-state index in [0.29, 0.717) is 11.3 Å². The van der Waals surface area contributed by atoms with Gasteiger partial charge in [0.2, 0.25) is 0 Å². The molecule has 1 amide bonds. The van der Waals surface area contributed by atoms with E-state index in [0.717, 1.165) is 18.4 Å². The molecule has 0 saturated heterocycles. The number of nitrogens with one attached hydrogen (secondary N) is 2. The number of sulfonamides is 1. The van der Waals surface area contributed by atoms with Gasteiger partial charge in [0.05, 0.1) is 10.5 Å². The highest BCUT2D eigenvalue weighted by atomic mass is 32.2. The third-order valence-electron chi connectivity index (χ3n) is 4.58. The van der Waals surface area contributed by atoms with E-state index < -0.39 is 22.1 Å². The zero-order valence-electron chi connectivity index (χ0n) is 16.6. The van der Waals surface area contributed by atoms with Crippen LogP contribution >= 0.6 is 0 Å². The zero-order chi connectivity index (χ0) is 21.2. The third-order valence-corrected chi connectivity index (χ3v) is 6.11. The van der Waals surface area contributed by atoms with Gasteiger partial charge in [0.25, 0.3) is 15.9 Å². The maximum Gasteiger partial charge on any atom is 0.338 e. The van der Waals surface area contributed by atoms with Crippen LogP contribution < -0.4 is 10.0 Å². The summed E-state index contributed by atoms with van der Waals surface area (Å²) in [5, 5.41) is 2.78. The summed E-state index contributed by atoms with van der Waals surface area (Å²) in [5.41, 5.74) is 2.03. The maximum atomic E-state index is 12.7. The predicted octanol–water partition coefficient (Wildman–Crippen LogP) is 2.93.